The summed E-state index contributed by atoms with van der Waals surface area (Å²) in [6.07, 6.45) is 0. The Bertz CT molecular complexity index is 534. The van der Waals surface area contributed by atoms with Crippen LogP contribution in [-0.4, -0.2) is 38.8 Å². The number of anilines is 1. The van der Waals surface area contributed by atoms with Crippen LogP contribution in [0.15, 0.2) is 16.9 Å². The summed E-state index contributed by atoms with van der Waals surface area (Å²) in [5.74, 6) is 1.24. The zero-order valence-corrected chi connectivity index (χ0v) is 9.61. The van der Waals surface area contributed by atoms with Crippen LogP contribution in [-0.2, 0) is 0 Å². The van der Waals surface area contributed by atoms with Gasteiger partial charge in [0.2, 0.25) is 0 Å². The van der Waals surface area contributed by atoms with Gasteiger partial charge < -0.3 is 4.90 Å². The van der Waals surface area contributed by atoms with Gasteiger partial charge in [-0.15, -0.1) is 16.7 Å². The van der Waals surface area contributed by atoms with E-state index in [2.05, 4.69) is 15.3 Å². The van der Waals surface area contributed by atoms with Crippen molar-refractivity contribution < 1.29 is 0 Å². The molecule has 6 nitrogen and oxygen atoms in total. The minimum absolute atomic E-state index is 0.334. The third-order valence-electron chi connectivity index (χ3n) is 2.32. The first kappa shape index (κ1) is 10.9. The highest BCUT2D eigenvalue weighted by Crippen LogP contribution is 2.09. The summed E-state index contributed by atoms with van der Waals surface area (Å²) in [7, 11) is 0. The van der Waals surface area contributed by atoms with Crippen molar-refractivity contribution in [3.05, 3.63) is 22.6 Å². The normalized spacial score (nSPS) is 10.9. The maximum atomic E-state index is 11.3. The summed E-state index contributed by atoms with van der Waals surface area (Å²) in [4.78, 5) is 13.3. The Balaban J connectivity index is 2.44. The minimum atomic E-state index is -0.334. The van der Waals surface area contributed by atoms with Crippen LogP contribution in [0, 0.1) is 0 Å². The van der Waals surface area contributed by atoms with Crippen molar-refractivity contribution in [3.63, 3.8) is 0 Å². The minimum Gasteiger partial charge on any atom is -0.354 e. The largest absolute Gasteiger partial charge is 0.364 e. The zero-order valence-electron chi connectivity index (χ0n) is 8.85. The molecular weight excluding hydrogens is 230 g/mol. The van der Waals surface area contributed by atoms with E-state index in [0.717, 1.165) is 12.4 Å². The maximum Gasteiger partial charge on any atom is 0.364 e. The molecule has 2 aromatic rings. The first-order chi connectivity index (χ1) is 7.76. The van der Waals surface area contributed by atoms with E-state index < -0.39 is 0 Å². The van der Waals surface area contributed by atoms with E-state index in [-0.39, 0.29) is 5.69 Å². The molecule has 0 atom stereocenters. The van der Waals surface area contributed by atoms with E-state index in [4.69, 9.17) is 11.6 Å². The lowest BCUT2D eigenvalue weighted by Gasteiger charge is -2.19. The second-order valence-corrected chi connectivity index (χ2v) is 3.64. The van der Waals surface area contributed by atoms with Crippen molar-refractivity contribution >= 4 is 23.1 Å². The number of fused-ring (bicyclic) bond motifs is 1. The molecule has 0 aliphatic carbocycles. The lowest BCUT2D eigenvalue weighted by molar-refractivity contribution is 0.797. The molecule has 16 heavy (non-hydrogen) atoms. The molecule has 1 N–H and O–H groups in total. The van der Waals surface area contributed by atoms with Crippen LogP contribution in [0.5, 0.6) is 0 Å². The number of aromatic nitrogens is 4. The molecule has 0 spiro atoms. The second-order valence-electron chi connectivity index (χ2n) is 3.26. The molecule has 7 heteroatoms. The summed E-state index contributed by atoms with van der Waals surface area (Å²) >= 11 is 5.70. The number of hydrogen-bond donors (Lipinski definition) is 1. The highest BCUT2D eigenvalue weighted by molar-refractivity contribution is 6.18. The molecule has 0 amide bonds. The van der Waals surface area contributed by atoms with Gasteiger partial charge in [0, 0.05) is 19.0 Å². The van der Waals surface area contributed by atoms with Crippen molar-refractivity contribution in [2.24, 2.45) is 0 Å². The molecule has 0 radical (unpaired) electrons. The molecule has 2 rings (SSSR count). The van der Waals surface area contributed by atoms with Gasteiger partial charge in [-0.2, -0.15) is 9.61 Å². The molecule has 0 unspecified atom stereocenters. The maximum absolute atomic E-state index is 11.3. The monoisotopic (exact) mass is 241 g/mol. The number of alkyl halides is 1. The third-order valence-corrected chi connectivity index (χ3v) is 2.49. The predicted molar refractivity (Wildman–Crippen MR) is 62.2 cm³/mol. The summed E-state index contributed by atoms with van der Waals surface area (Å²) in [5.41, 5.74) is 0.175. The molecular formula is C9H12ClN5O. The van der Waals surface area contributed by atoms with Crippen LogP contribution in [0.2, 0.25) is 0 Å². The summed E-state index contributed by atoms with van der Waals surface area (Å²) < 4.78 is 1.24. The van der Waals surface area contributed by atoms with Gasteiger partial charge in [-0.3, -0.25) is 0 Å². The molecule has 0 saturated carbocycles. The van der Waals surface area contributed by atoms with Crippen molar-refractivity contribution in [1.82, 2.24) is 19.8 Å². The number of hydrogen-bond acceptors (Lipinski definition) is 4. The molecule has 0 aliphatic rings. The van der Waals surface area contributed by atoms with Gasteiger partial charge in [0.1, 0.15) is 5.82 Å². The van der Waals surface area contributed by atoms with E-state index in [1.54, 1.807) is 6.07 Å². The molecule has 2 heterocycles. The quantitative estimate of drug-likeness (QED) is 0.791. The van der Waals surface area contributed by atoms with E-state index >= 15 is 0 Å². The highest BCUT2D eigenvalue weighted by Gasteiger charge is 2.08. The summed E-state index contributed by atoms with van der Waals surface area (Å²) in [6.45, 7) is 3.50. The average Bonchev–Trinajstić information content (AvgIpc) is 2.68. The molecule has 0 aliphatic heterocycles. The second kappa shape index (κ2) is 4.52. The van der Waals surface area contributed by atoms with Crippen LogP contribution < -0.4 is 10.6 Å². The first-order valence-corrected chi connectivity index (χ1v) is 5.55. The van der Waals surface area contributed by atoms with Crippen LogP contribution in [0.4, 0.5) is 5.82 Å². The summed E-state index contributed by atoms with van der Waals surface area (Å²) in [6, 6.07) is 3.57. The first-order valence-electron chi connectivity index (χ1n) is 5.01. The molecule has 0 bridgehead atoms. The lowest BCUT2D eigenvalue weighted by Crippen LogP contribution is -2.27. The Kier molecular flexibility index (Phi) is 3.09. The third kappa shape index (κ3) is 1.88. The Morgan fingerprint density at radius 2 is 2.38 bits per heavy atom. The van der Waals surface area contributed by atoms with Crippen molar-refractivity contribution in [1.29, 1.82) is 0 Å². The average molecular weight is 242 g/mol. The number of rotatable bonds is 4. The Morgan fingerprint density at radius 1 is 1.56 bits per heavy atom. The van der Waals surface area contributed by atoms with Crippen LogP contribution >= 0.6 is 11.6 Å². The smallest absolute Gasteiger partial charge is 0.354 e. The Morgan fingerprint density at radius 3 is 3.06 bits per heavy atom. The highest BCUT2D eigenvalue weighted by atomic mass is 35.5. The topological polar surface area (TPSA) is 66.3 Å². The van der Waals surface area contributed by atoms with Crippen molar-refractivity contribution in [2.75, 3.05) is 23.9 Å². The van der Waals surface area contributed by atoms with Gasteiger partial charge >= 0.3 is 5.69 Å². The van der Waals surface area contributed by atoms with E-state index in [9.17, 15) is 4.79 Å². The van der Waals surface area contributed by atoms with Crippen LogP contribution in [0.25, 0.3) is 5.65 Å². The van der Waals surface area contributed by atoms with E-state index in [1.807, 2.05) is 17.9 Å². The van der Waals surface area contributed by atoms with E-state index in [0.29, 0.717) is 18.1 Å². The number of nitrogens with one attached hydrogen (secondary N) is 1. The van der Waals surface area contributed by atoms with Gasteiger partial charge in [0.15, 0.2) is 5.65 Å². The van der Waals surface area contributed by atoms with Crippen LogP contribution in [0.1, 0.15) is 6.92 Å². The SMILES string of the molecule is CCN(CCCl)c1ccc2n[nH]c(=O)n2n1. The zero-order chi connectivity index (χ0) is 11.5. The number of aromatic amines is 1. The molecule has 86 valence electrons. The number of nitrogens with zero attached hydrogens (tertiary/aromatic N) is 4. The molecule has 0 aromatic carbocycles. The number of H-pyrrole nitrogens is 1. The van der Waals surface area contributed by atoms with E-state index in [1.165, 1.54) is 4.52 Å². The fourth-order valence-electron chi connectivity index (χ4n) is 1.50. The number of halogens is 1. The Labute approximate surface area is 96.8 Å². The fraction of sp³-hybridized carbons (Fsp3) is 0.444. The standard InChI is InChI=1S/C9H12ClN5O/c1-2-14(6-5-10)8-4-3-7-11-12-9(16)15(7)13-8/h3-4H,2,5-6H2,1H3,(H,12,16). The van der Waals surface area contributed by atoms with Gasteiger partial charge in [-0.25, -0.2) is 9.89 Å². The summed E-state index contributed by atoms with van der Waals surface area (Å²) in [5, 5.41) is 10.4. The van der Waals surface area contributed by atoms with Gasteiger partial charge in [0.25, 0.3) is 0 Å². The predicted octanol–water partition coefficient (Wildman–Crippen LogP) is 0.483. The molecule has 2 aromatic heterocycles. The van der Waals surface area contributed by atoms with Crippen molar-refractivity contribution in [2.45, 2.75) is 6.92 Å². The van der Waals surface area contributed by atoms with Gasteiger partial charge in [-0.05, 0) is 19.1 Å². The molecule has 0 saturated heterocycles. The van der Waals surface area contributed by atoms with Gasteiger partial charge in [0.05, 0.1) is 0 Å². The van der Waals surface area contributed by atoms with Crippen LogP contribution in [0.3, 0.4) is 0 Å². The van der Waals surface area contributed by atoms with Gasteiger partial charge in [-0.1, -0.05) is 0 Å². The van der Waals surface area contributed by atoms with Crippen molar-refractivity contribution in [3.8, 4) is 0 Å². The fourth-order valence-corrected chi connectivity index (χ4v) is 1.70. The Hall–Kier alpha value is -1.56. The lowest BCUT2D eigenvalue weighted by atomic mass is 10.4. The molecule has 0 fully saturated rings.